The van der Waals surface area contributed by atoms with Crippen molar-refractivity contribution >= 4 is 11.6 Å². The van der Waals surface area contributed by atoms with E-state index in [0.29, 0.717) is 60.9 Å². The lowest BCUT2D eigenvalue weighted by molar-refractivity contribution is 0.00503. The summed E-state index contributed by atoms with van der Waals surface area (Å²) in [5, 5.41) is 37.8. The van der Waals surface area contributed by atoms with Gasteiger partial charge < -0.3 is 19.5 Å². The van der Waals surface area contributed by atoms with Crippen molar-refractivity contribution in [1.82, 2.24) is 44.9 Å². The Hall–Kier alpha value is -5.12. The first-order valence-electron chi connectivity index (χ1n) is 16.0. The fourth-order valence-electron chi connectivity index (χ4n) is 6.04. The van der Waals surface area contributed by atoms with Gasteiger partial charge in [-0.2, -0.15) is 10.5 Å². The summed E-state index contributed by atoms with van der Waals surface area (Å²) in [6, 6.07) is 10.6. The Morgan fingerprint density at radius 3 is 2.57 bits per heavy atom. The molecule has 1 saturated heterocycles. The zero-order chi connectivity index (χ0) is 32.4. The second kappa shape index (κ2) is 15.4. The Morgan fingerprint density at radius 2 is 1.85 bits per heavy atom. The number of nitriles is 2. The van der Waals surface area contributed by atoms with Crippen LogP contribution in [0.4, 0.5) is 11.6 Å². The van der Waals surface area contributed by atoms with Gasteiger partial charge in [-0.15, -0.1) is 10.2 Å². The van der Waals surface area contributed by atoms with E-state index in [2.05, 4.69) is 47.8 Å². The summed E-state index contributed by atoms with van der Waals surface area (Å²) in [6.45, 7) is 6.35. The number of hydrogen-bond donors (Lipinski definition) is 1. The average Bonchev–Trinajstić information content (AvgIpc) is 3.77. The van der Waals surface area contributed by atoms with Crippen molar-refractivity contribution in [2.75, 3.05) is 38.2 Å². The van der Waals surface area contributed by atoms with Gasteiger partial charge in [0.05, 0.1) is 50.2 Å². The molecule has 6 rings (SSSR count). The van der Waals surface area contributed by atoms with Gasteiger partial charge in [0.1, 0.15) is 29.9 Å². The van der Waals surface area contributed by atoms with Gasteiger partial charge in [0.2, 0.25) is 5.95 Å². The Labute approximate surface area is 273 Å². The highest BCUT2D eigenvalue weighted by Gasteiger charge is 2.29. The monoisotopic (exact) mass is 638 g/mol. The summed E-state index contributed by atoms with van der Waals surface area (Å²) in [5.74, 6) is 1.32. The molecule has 15 nitrogen and oxygen atoms in total. The van der Waals surface area contributed by atoms with Gasteiger partial charge in [0.25, 0.3) is 5.88 Å². The maximum absolute atomic E-state index is 9.64. The number of morpholine rings is 1. The van der Waals surface area contributed by atoms with E-state index in [1.807, 2.05) is 29.9 Å². The highest BCUT2D eigenvalue weighted by Crippen LogP contribution is 2.35. The maximum atomic E-state index is 9.64. The number of aromatic nitrogens is 8. The fraction of sp³-hybridized carbons (Fsp3) is 0.500. The highest BCUT2D eigenvalue weighted by atomic mass is 16.5. The molecule has 1 atom stereocenters. The third-order valence-corrected chi connectivity index (χ3v) is 8.47. The molecule has 0 radical (unpaired) electrons. The van der Waals surface area contributed by atoms with E-state index in [1.165, 1.54) is 6.33 Å². The van der Waals surface area contributed by atoms with Crippen molar-refractivity contribution < 1.29 is 14.2 Å². The molecular weight excluding hydrogens is 600 g/mol. The van der Waals surface area contributed by atoms with Crippen molar-refractivity contribution in [1.29, 1.82) is 10.5 Å². The molecule has 0 spiro atoms. The summed E-state index contributed by atoms with van der Waals surface area (Å²) in [6.07, 6.45) is 12.0. The van der Waals surface area contributed by atoms with Gasteiger partial charge in [-0.3, -0.25) is 9.58 Å². The Balaban J connectivity index is 1.13. The Bertz CT molecular complexity index is 1660. The second-order valence-electron chi connectivity index (χ2n) is 11.8. The highest BCUT2D eigenvalue weighted by molar-refractivity contribution is 5.67. The molecule has 0 unspecified atom stereocenters. The topological polar surface area (TPSA) is 178 Å². The van der Waals surface area contributed by atoms with E-state index in [-0.39, 0.29) is 12.1 Å². The van der Waals surface area contributed by atoms with E-state index in [4.69, 9.17) is 24.6 Å². The van der Waals surface area contributed by atoms with Crippen LogP contribution in [-0.2, 0) is 11.3 Å². The van der Waals surface area contributed by atoms with Crippen molar-refractivity contribution in [2.24, 2.45) is 0 Å². The van der Waals surface area contributed by atoms with Crippen LogP contribution in [0.2, 0.25) is 0 Å². The lowest BCUT2D eigenvalue weighted by Gasteiger charge is -2.38. The van der Waals surface area contributed by atoms with E-state index in [9.17, 15) is 5.26 Å². The van der Waals surface area contributed by atoms with Crippen molar-refractivity contribution in [3.63, 3.8) is 0 Å². The van der Waals surface area contributed by atoms with Crippen LogP contribution in [0.3, 0.4) is 0 Å². The molecule has 3 aromatic heterocycles. The van der Waals surface area contributed by atoms with E-state index in [1.54, 1.807) is 23.1 Å². The molecule has 1 saturated carbocycles. The summed E-state index contributed by atoms with van der Waals surface area (Å²) < 4.78 is 21.2. The molecule has 4 aromatic rings. The van der Waals surface area contributed by atoms with Crippen molar-refractivity contribution in [3.8, 4) is 34.9 Å². The standard InChI is InChI=1S/C32H38N12O3/c1-23(20-43-22-37-40-41-43)47-30-16-24(4-5-25(30)17-34)26-18-35-32(36-19-26)38-29-21-44(39-31(29)46-13-3-2-10-33)28-8-6-27(7-9-28)42-11-14-45-15-12-42/h4-5,16,18-19,21-23,27-28H,2-3,6-9,11-15,20H2,1H3,(H,35,36,38)/t23-,27-,28-/m0/s1. The van der Waals surface area contributed by atoms with E-state index < -0.39 is 0 Å². The molecule has 47 heavy (non-hydrogen) atoms. The molecule has 2 aliphatic rings. The van der Waals surface area contributed by atoms with E-state index >= 15 is 0 Å². The number of ether oxygens (including phenoxy) is 3. The predicted octanol–water partition coefficient (Wildman–Crippen LogP) is 3.91. The van der Waals surface area contributed by atoms with Crippen molar-refractivity contribution in [2.45, 2.75) is 70.2 Å². The van der Waals surface area contributed by atoms with Gasteiger partial charge in [-0.1, -0.05) is 6.07 Å². The SMILES string of the molecule is C[C@@H](Cn1cnnn1)Oc1cc(-c2cnc(Nc3cn([C@H]4CC[C@H](N5CCOCC5)CC4)nc3OCCCC#N)nc2)ccc1C#N. The third-order valence-electron chi connectivity index (χ3n) is 8.47. The van der Waals surface area contributed by atoms with Gasteiger partial charge in [0.15, 0.2) is 0 Å². The minimum Gasteiger partial charge on any atom is -0.487 e. The van der Waals surface area contributed by atoms with Crippen LogP contribution in [0, 0.1) is 22.7 Å². The molecule has 1 N–H and O–H groups in total. The minimum atomic E-state index is -0.277. The van der Waals surface area contributed by atoms with Crippen molar-refractivity contribution in [3.05, 3.63) is 48.7 Å². The molecule has 2 fully saturated rings. The van der Waals surface area contributed by atoms with Crippen LogP contribution in [0.1, 0.15) is 57.1 Å². The molecule has 1 aliphatic heterocycles. The first-order chi connectivity index (χ1) is 23.1. The number of nitrogens with one attached hydrogen (secondary N) is 1. The molecule has 0 amide bonds. The summed E-state index contributed by atoms with van der Waals surface area (Å²) in [5.41, 5.74) is 2.67. The van der Waals surface area contributed by atoms with Crippen LogP contribution in [0.15, 0.2) is 43.1 Å². The lowest BCUT2D eigenvalue weighted by Crippen LogP contribution is -2.45. The largest absolute Gasteiger partial charge is 0.487 e. The number of anilines is 2. The lowest BCUT2D eigenvalue weighted by atomic mass is 9.90. The number of benzene rings is 1. The maximum Gasteiger partial charge on any atom is 0.256 e. The quantitative estimate of drug-likeness (QED) is 0.209. The van der Waals surface area contributed by atoms with Crippen LogP contribution in [-0.4, -0.2) is 89.9 Å². The minimum absolute atomic E-state index is 0.274. The normalized spacial score (nSPS) is 19.0. The van der Waals surface area contributed by atoms with Gasteiger partial charge >= 0.3 is 0 Å². The molecule has 1 aromatic carbocycles. The van der Waals surface area contributed by atoms with Gasteiger partial charge in [-0.25, -0.2) is 14.6 Å². The number of unbranched alkanes of at least 4 members (excludes halogenated alkanes) is 1. The molecular formula is C32H38N12O3. The average molecular weight is 639 g/mol. The van der Waals surface area contributed by atoms with Gasteiger partial charge in [-0.05, 0) is 67.2 Å². The Morgan fingerprint density at radius 1 is 1.06 bits per heavy atom. The number of tetrazole rings is 1. The molecule has 1 aliphatic carbocycles. The van der Waals surface area contributed by atoms with Crippen LogP contribution in [0.25, 0.3) is 11.1 Å². The second-order valence-corrected chi connectivity index (χ2v) is 11.8. The van der Waals surface area contributed by atoms with Gasteiger partial charge in [0, 0.05) is 43.5 Å². The van der Waals surface area contributed by atoms with Crippen LogP contribution < -0.4 is 14.8 Å². The third kappa shape index (κ3) is 8.19. The molecule has 4 heterocycles. The number of rotatable bonds is 13. The first kappa shape index (κ1) is 31.8. The predicted molar refractivity (Wildman–Crippen MR) is 170 cm³/mol. The Kier molecular flexibility index (Phi) is 10.5. The van der Waals surface area contributed by atoms with E-state index in [0.717, 1.165) is 63.1 Å². The first-order valence-corrected chi connectivity index (χ1v) is 16.0. The summed E-state index contributed by atoms with van der Waals surface area (Å²) >= 11 is 0. The fourth-order valence-corrected chi connectivity index (χ4v) is 6.04. The summed E-state index contributed by atoms with van der Waals surface area (Å²) in [7, 11) is 0. The zero-order valence-electron chi connectivity index (χ0n) is 26.4. The molecule has 244 valence electrons. The smallest absolute Gasteiger partial charge is 0.256 e. The molecule has 15 heteroatoms. The molecule has 0 bridgehead atoms. The number of hydrogen-bond acceptors (Lipinski definition) is 13. The van der Waals surface area contributed by atoms with Crippen LogP contribution in [0.5, 0.6) is 11.6 Å². The zero-order valence-corrected chi connectivity index (χ0v) is 26.4. The number of nitrogens with zero attached hydrogens (tertiary/aromatic N) is 11. The summed E-state index contributed by atoms with van der Waals surface area (Å²) in [4.78, 5) is 11.7. The van der Waals surface area contributed by atoms with Crippen LogP contribution >= 0.6 is 0 Å².